The molecule has 20 heavy (non-hydrogen) atoms. The molecule has 1 saturated heterocycles. The summed E-state index contributed by atoms with van der Waals surface area (Å²) >= 11 is 0. The summed E-state index contributed by atoms with van der Waals surface area (Å²) in [5.74, 6) is 0.658. The summed E-state index contributed by atoms with van der Waals surface area (Å²) in [5.41, 5.74) is 5.19. The maximum atomic E-state index is 11.7. The summed E-state index contributed by atoms with van der Waals surface area (Å²) in [6, 6.07) is 0. The maximum Gasteiger partial charge on any atom is 0.325 e. The molecule has 0 amide bonds. The van der Waals surface area contributed by atoms with E-state index in [0.29, 0.717) is 13.0 Å². The zero-order valence-corrected chi connectivity index (χ0v) is 13.5. The number of hydrogen-bond donors (Lipinski definition) is 1. The number of nitrogens with zero attached hydrogens (tertiary/aromatic N) is 1. The number of unbranched alkanes of at least 4 members (excludes halogenated alkanes) is 1. The van der Waals surface area contributed by atoms with E-state index in [4.69, 9.17) is 10.5 Å². The van der Waals surface area contributed by atoms with Gasteiger partial charge in [0.25, 0.3) is 0 Å². The highest BCUT2D eigenvalue weighted by atomic mass is 16.5. The molecule has 1 atom stereocenters. The molecule has 2 N–H and O–H groups in total. The quantitative estimate of drug-likeness (QED) is 0.550. The molecule has 1 fully saturated rings. The van der Waals surface area contributed by atoms with Crippen molar-refractivity contribution in [2.45, 2.75) is 64.8 Å². The van der Waals surface area contributed by atoms with Crippen LogP contribution in [0.15, 0.2) is 0 Å². The summed E-state index contributed by atoms with van der Waals surface area (Å²) in [5, 5.41) is 0. The minimum Gasteiger partial charge on any atom is -0.465 e. The summed E-state index contributed by atoms with van der Waals surface area (Å²) < 4.78 is 5.00. The Morgan fingerprint density at radius 1 is 1.30 bits per heavy atom. The first-order valence-corrected chi connectivity index (χ1v) is 8.18. The summed E-state index contributed by atoms with van der Waals surface area (Å²) in [7, 11) is 0. The average molecular weight is 284 g/mol. The molecule has 4 heteroatoms. The van der Waals surface area contributed by atoms with Gasteiger partial charge in [-0.05, 0) is 71.5 Å². The van der Waals surface area contributed by atoms with E-state index < -0.39 is 5.54 Å². The highest BCUT2D eigenvalue weighted by molar-refractivity contribution is 5.79. The molecule has 0 bridgehead atoms. The monoisotopic (exact) mass is 284 g/mol. The number of carbonyl (C=O) groups is 1. The predicted octanol–water partition coefficient (Wildman–Crippen LogP) is 2.56. The average Bonchev–Trinajstić information content (AvgIpc) is 2.44. The van der Waals surface area contributed by atoms with Crippen molar-refractivity contribution >= 4 is 5.97 Å². The lowest BCUT2D eigenvalue weighted by atomic mass is 9.93. The molecule has 0 saturated carbocycles. The van der Waals surface area contributed by atoms with Gasteiger partial charge in [-0.2, -0.15) is 0 Å². The third kappa shape index (κ3) is 5.80. The lowest BCUT2D eigenvalue weighted by Gasteiger charge is -2.31. The Labute approximate surface area is 124 Å². The Morgan fingerprint density at radius 2 is 1.95 bits per heavy atom. The van der Waals surface area contributed by atoms with Gasteiger partial charge in [0.2, 0.25) is 0 Å². The molecular formula is C16H32N2O2. The Hall–Kier alpha value is -0.610. The molecule has 1 rings (SSSR count). The largest absolute Gasteiger partial charge is 0.465 e. The Kier molecular flexibility index (Phi) is 7.52. The molecule has 1 aliphatic rings. The van der Waals surface area contributed by atoms with Gasteiger partial charge < -0.3 is 15.4 Å². The van der Waals surface area contributed by atoms with Crippen LogP contribution < -0.4 is 5.73 Å². The summed E-state index contributed by atoms with van der Waals surface area (Å²) in [4.78, 5) is 14.2. The molecule has 1 heterocycles. The van der Waals surface area contributed by atoms with Crippen molar-refractivity contribution in [3.8, 4) is 0 Å². The van der Waals surface area contributed by atoms with Crippen molar-refractivity contribution in [1.29, 1.82) is 0 Å². The number of rotatable bonds is 8. The standard InChI is InChI=1S/C16H32N2O2/c1-4-14-8-12-18(13-9-14)11-7-6-10-16(3,17)15(19)20-5-2/h14H,4-13,17H2,1-3H3. The van der Waals surface area contributed by atoms with Gasteiger partial charge in [-0.3, -0.25) is 4.79 Å². The Morgan fingerprint density at radius 3 is 2.50 bits per heavy atom. The van der Waals surface area contributed by atoms with E-state index in [2.05, 4.69) is 11.8 Å². The zero-order chi connectivity index (χ0) is 15.0. The molecule has 118 valence electrons. The fraction of sp³-hybridized carbons (Fsp3) is 0.938. The van der Waals surface area contributed by atoms with E-state index in [-0.39, 0.29) is 5.97 Å². The van der Waals surface area contributed by atoms with Crippen LogP contribution in [0.5, 0.6) is 0 Å². The number of piperidine rings is 1. The van der Waals surface area contributed by atoms with Crippen LogP contribution in [0.4, 0.5) is 0 Å². The highest BCUT2D eigenvalue weighted by Crippen LogP contribution is 2.20. The SMILES string of the molecule is CCOC(=O)C(C)(N)CCCCN1CCC(CC)CC1. The normalized spacial score (nSPS) is 20.6. The van der Waals surface area contributed by atoms with E-state index >= 15 is 0 Å². The van der Waals surface area contributed by atoms with Crippen LogP contribution in [-0.2, 0) is 9.53 Å². The van der Waals surface area contributed by atoms with Gasteiger partial charge in [0.1, 0.15) is 5.54 Å². The van der Waals surface area contributed by atoms with E-state index in [0.717, 1.165) is 25.3 Å². The first-order valence-electron chi connectivity index (χ1n) is 8.18. The Bertz CT molecular complexity index is 284. The molecule has 0 aromatic heterocycles. The van der Waals surface area contributed by atoms with E-state index in [1.807, 2.05) is 6.92 Å². The third-order valence-corrected chi connectivity index (χ3v) is 4.45. The van der Waals surface area contributed by atoms with E-state index in [1.165, 1.54) is 32.4 Å². The first-order chi connectivity index (χ1) is 9.49. The molecule has 0 spiro atoms. The number of nitrogens with two attached hydrogens (primary N) is 1. The van der Waals surface area contributed by atoms with Crippen LogP contribution in [0.25, 0.3) is 0 Å². The minimum atomic E-state index is -0.828. The molecule has 1 aliphatic heterocycles. The summed E-state index contributed by atoms with van der Waals surface area (Å²) in [6.07, 6.45) is 6.81. The minimum absolute atomic E-state index is 0.274. The van der Waals surface area contributed by atoms with Gasteiger partial charge in [-0.25, -0.2) is 0 Å². The van der Waals surface area contributed by atoms with Gasteiger partial charge in [-0.1, -0.05) is 13.3 Å². The van der Waals surface area contributed by atoms with Crippen molar-refractivity contribution in [2.75, 3.05) is 26.2 Å². The number of likely N-dealkylation sites (tertiary alicyclic amines) is 1. The zero-order valence-electron chi connectivity index (χ0n) is 13.5. The molecule has 0 aliphatic carbocycles. The second-order valence-electron chi connectivity index (χ2n) is 6.29. The Balaban J connectivity index is 2.14. The molecule has 0 aromatic carbocycles. The van der Waals surface area contributed by atoms with Crippen LogP contribution >= 0.6 is 0 Å². The highest BCUT2D eigenvalue weighted by Gasteiger charge is 2.29. The molecule has 4 nitrogen and oxygen atoms in total. The van der Waals surface area contributed by atoms with Crippen molar-refractivity contribution in [3.63, 3.8) is 0 Å². The lowest BCUT2D eigenvalue weighted by Crippen LogP contribution is -2.46. The molecular weight excluding hydrogens is 252 g/mol. The summed E-state index contributed by atoms with van der Waals surface area (Å²) in [6.45, 7) is 9.88. The van der Waals surface area contributed by atoms with Crippen LogP contribution in [0.2, 0.25) is 0 Å². The lowest BCUT2D eigenvalue weighted by molar-refractivity contribution is -0.149. The van der Waals surface area contributed by atoms with Crippen LogP contribution in [0.1, 0.15) is 59.3 Å². The van der Waals surface area contributed by atoms with Gasteiger partial charge in [0.05, 0.1) is 6.61 Å². The second kappa shape index (κ2) is 8.63. The van der Waals surface area contributed by atoms with Gasteiger partial charge in [0, 0.05) is 0 Å². The number of carbonyl (C=O) groups excluding carboxylic acids is 1. The molecule has 0 aromatic rings. The maximum absolute atomic E-state index is 11.7. The van der Waals surface area contributed by atoms with E-state index in [9.17, 15) is 4.79 Å². The van der Waals surface area contributed by atoms with Gasteiger partial charge in [-0.15, -0.1) is 0 Å². The van der Waals surface area contributed by atoms with Gasteiger partial charge >= 0.3 is 5.97 Å². The van der Waals surface area contributed by atoms with Crippen molar-refractivity contribution in [2.24, 2.45) is 11.7 Å². The smallest absolute Gasteiger partial charge is 0.325 e. The van der Waals surface area contributed by atoms with Crippen molar-refractivity contribution in [1.82, 2.24) is 4.90 Å². The molecule has 1 unspecified atom stereocenters. The fourth-order valence-electron chi connectivity index (χ4n) is 2.84. The third-order valence-electron chi connectivity index (χ3n) is 4.45. The van der Waals surface area contributed by atoms with Gasteiger partial charge in [0.15, 0.2) is 0 Å². The topological polar surface area (TPSA) is 55.6 Å². The van der Waals surface area contributed by atoms with Crippen LogP contribution in [-0.4, -0.2) is 42.6 Å². The van der Waals surface area contributed by atoms with E-state index in [1.54, 1.807) is 6.92 Å². The van der Waals surface area contributed by atoms with Crippen LogP contribution in [0, 0.1) is 5.92 Å². The number of esters is 1. The number of hydrogen-bond acceptors (Lipinski definition) is 4. The fourth-order valence-corrected chi connectivity index (χ4v) is 2.84. The predicted molar refractivity (Wildman–Crippen MR) is 82.5 cm³/mol. The van der Waals surface area contributed by atoms with Crippen molar-refractivity contribution in [3.05, 3.63) is 0 Å². The second-order valence-corrected chi connectivity index (χ2v) is 6.29. The first kappa shape index (κ1) is 17.4. The molecule has 0 radical (unpaired) electrons. The van der Waals surface area contributed by atoms with Crippen molar-refractivity contribution < 1.29 is 9.53 Å². The van der Waals surface area contributed by atoms with Crippen LogP contribution in [0.3, 0.4) is 0 Å². The number of ether oxygens (including phenoxy) is 1.